The molecule has 0 fully saturated rings. The van der Waals surface area contributed by atoms with Crippen LogP contribution < -0.4 is 0 Å². The molecule has 29 heavy (non-hydrogen) atoms. The zero-order valence-corrected chi connectivity index (χ0v) is 15.7. The van der Waals surface area contributed by atoms with Crippen molar-refractivity contribution in [2.45, 2.75) is 0 Å². The van der Waals surface area contributed by atoms with Gasteiger partial charge in [0.25, 0.3) is 0 Å². The molecule has 0 atom stereocenters. The van der Waals surface area contributed by atoms with E-state index in [-0.39, 0.29) is 0 Å². The van der Waals surface area contributed by atoms with E-state index in [0.29, 0.717) is 5.89 Å². The summed E-state index contributed by atoms with van der Waals surface area (Å²) in [6.45, 7) is 0. The van der Waals surface area contributed by atoms with Crippen LogP contribution in [0, 0.1) is 0 Å². The van der Waals surface area contributed by atoms with E-state index >= 15 is 0 Å². The third-order valence-electron chi connectivity index (χ3n) is 5.46. The van der Waals surface area contributed by atoms with Gasteiger partial charge in [-0.15, -0.1) is 0 Å². The Hall–Kier alpha value is -3.91. The molecular weight excluding hydrogens is 354 g/mol. The molecule has 0 N–H and O–H groups in total. The van der Waals surface area contributed by atoms with Crippen molar-refractivity contribution in [3.63, 3.8) is 0 Å². The van der Waals surface area contributed by atoms with Gasteiger partial charge >= 0.3 is 0 Å². The fourth-order valence-corrected chi connectivity index (χ4v) is 3.92. The van der Waals surface area contributed by atoms with Crippen molar-refractivity contribution in [1.29, 1.82) is 0 Å². The number of fused-ring (bicyclic) bond motifs is 3. The molecule has 136 valence electrons. The lowest BCUT2D eigenvalue weighted by atomic mass is 9.98. The lowest BCUT2D eigenvalue weighted by molar-refractivity contribution is 0.620. The zero-order valence-electron chi connectivity index (χ0n) is 15.7. The van der Waals surface area contributed by atoms with Crippen LogP contribution in [0.4, 0.5) is 0 Å². The van der Waals surface area contributed by atoms with Crippen molar-refractivity contribution in [3.05, 3.63) is 103 Å². The van der Waals surface area contributed by atoms with E-state index in [2.05, 4.69) is 83.8 Å². The molecular formula is C27H17NO. The minimum atomic E-state index is 0.659. The van der Waals surface area contributed by atoms with Crippen LogP contribution >= 0.6 is 0 Å². The fourth-order valence-electron chi connectivity index (χ4n) is 3.92. The predicted molar refractivity (Wildman–Crippen MR) is 120 cm³/mol. The van der Waals surface area contributed by atoms with E-state index in [9.17, 15) is 0 Å². The molecule has 6 aromatic rings. The number of benzene rings is 5. The average Bonchev–Trinajstić information content (AvgIpc) is 3.22. The van der Waals surface area contributed by atoms with E-state index in [1.54, 1.807) is 0 Å². The molecule has 0 aliphatic rings. The van der Waals surface area contributed by atoms with Crippen LogP contribution in [-0.2, 0) is 0 Å². The maximum atomic E-state index is 5.93. The second-order valence-electron chi connectivity index (χ2n) is 7.33. The summed E-state index contributed by atoms with van der Waals surface area (Å²) < 4.78 is 5.93. The quantitative estimate of drug-likeness (QED) is 0.315. The molecule has 1 aromatic heterocycles. The summed E-state index contributed by atoms with van der Waals surface area (Å²) in [5.74, 6) is 0.659. The van der Waals surface area contributed by atoms with Crippen molar-refractivity contribution in [3.8, 4) is 22.6 Å². The van der Waals surface area contributed by atoms with E-state index < -0.39 is 0 Å². The summed E-state index contributed by atoms with van der Waals surface area (Å²) in [7, 11) is 0. The average molecular weight is 371 g/mol. The molecule has 2 heteroatoms. The number of aromatic nitrogens is 1. The van der Waals surface area contributed by atoms with Gasteiger partial charge in [-0.25, -0.2) is 4.98 Å². The van der Waals surface area contributed by atoms with Crippen LogP contribution in [-0.4, -0.2) is 4.98 Å². The molecule has 0 radical (unpaired) electrons. The van der Waals surface area contributed by atoms with Gasteiger partial charge in [0.1, 0.15) is 5.52 Å². The van der Waals surface area contributed by atoms with Crippen molar-refractivity contribution in [2.75, 3.05) is 0 Å². The molecule has 0 unspecified atom stereocenters. The van der Waals surface area contributed by atoms with Crippen LogP contribution in [0.15, 0.2) is 108 Å². The van der Waals surface area contributed by atoms with Crippen LogP contribution in [0.1, 0.15) is 0 Å². The molecule has 2 nitrogen and oxygen atoms in total. The summed E-state index contributed by atoms with van der Waals surface area (Å²) in [5.41, 5.74) is 5.14. The molecule has 1 heterocycles. The van der Waals surface area contributed by atoms with Gasteiger partial charge in [0, 0.05) is 5.56 Å². The first-order chi connectivity index (χ1) is 14.3. The maximum Gasteiger partial charge on any atom is 0.227 e. The topological polar surface area (TPSA) is 26.0 Å². The largest absolute Gasteiger partial charge is 0.436 e. The Morgan fingerprint density at radius 3 is 1.79 bits per heavy atom. The van der Waals surface area contributed by atoms with Gasteiger partial charge in [0.05, 0.1) is 0 Å². The monoisotopic (exact) mass is 371 g/mol. The van der Waals surface area contributed by atoms with E-state index in [1.807, 2.05) is 24.3 Å². The first-order valence-corrected chi connectivity index (χ1v) is 9.72. The van der Waals surface area contributed by atoms with Crippen LogP contribution in [0.3, 0.4) is 0 Å². The van der Waals surface area contributed by atoms with E-state index in [0.717, 1.165) is 16.7 Å². The smallest absolute Gasteiger partial charge is 0.227 e. The van der Waals surface area contributed by atoms with Gasteiger partial charge in [-0.05, 0) is 69.1 Å². The fraction of sp³-hybridized carbons (Fsp3) is 0. The molecule has 0 saturated heterocycles. The number of oxazole rings is 1. The normalized spacial score (nSPS) is 11.4. The van der Waals surface area contributed by atoms with Crippen molar-refractivity contribution in [2.24, 2.45) is 0 Å². The number of hydrogen-bond acceptors (Lipinski definition) is 2. The zero-order chi connectivity index (χ0) is 19.2. The third-order valence-corrected chi connectivity index (χ3v) is 5.46. The van der Waals surface area contributed by atoms with Crippen molar-refractivity contribution in [1.82, 2.24) is 4.98 Å². The van der Waals surface area contributed by atoms with Gasteiger partial charge in [-0.2, -0.15) is 0 Å². The minimum Gasteiger partial charge on any atom is -0.436 e. The van der Waals surface area contributed by atoms with E-state index in [1.165, 1.54) is 32.7 Å². The van der Waals surface area contributed by atoms with Crippen LogP contribution in [0.5, 0.6) is 0 Å². The number of para-hydroxylation sites is 2. The number of rotatable bonds is 2. The number of hydrogen-bond donors (Lipinski definition) is 0. The van der Waals surface area contributed by atoms with Gasteiger partial charge in [0.2, 0.25) is 5.89 Å². The highest BCUT2D eigenvalue weighted by molar-refractivity contribution is 5.93. The summed E-state index contributed by atoms with van der Waals surface area (Å²) in [6, 6.07) is 35.9. The van der Waals surface area contributed by atoms with Gasteiger partial charge < -0.3 is 4.42 Å². The van der Waals surface area contributed by atoms with Crippen LogP contribution in [0.25, 0.3) is 55.2 Å². The lowest BCUT2D eigenvalue weighted by Gasteiger charge is -2.07. The maximum absolute atomic E-state index is 5.93. The molecule has 0 aliphatic heterocycles. The molecule has 0 amide bonds. The molecule has 0 spiro atoms. The molecule has 5 aromatic carbocycles. The Morgan fingerprint density at radius 1 is 0.483 bits per heavy atom. The Bertz CT molecular complexity index is 1480. The molecule has 0 saturated carbocycles. The Morgan fingerprint density at radius 2 is 1.03 bits per heavy atom. The first-order valence-electron chi connectivity index (χ1n) is 9.72. The van der Waals surface area contributed by atoms with Crippen molar-refractivity contribution >= 4 is 32.6 Å². The minimum absolute atomic E-state index is 0.659. The second kappa shape index (κ2) is 6.32. The Kier molecular flexibility index (Phi) is 3.50. The Balaban J connectivity index is 1.42. The van der Waals surface area contributed by atoms with Crippen LogP contribution in [0.2, 0.25) is 0 Å². The summed E-state index contributed by atoms with van der Waals surface area (Å²) in [4.78, 5) is 4.62. The number of nitrogens with zero attached hydrogens (tertiary/aromatic N) is 1. The standard InChI is InChI=1S/C27H17NO/c1-2-6-19-15-20(10-9-18(19)5-1)21-11-12-23-17-24(14-13-22(23)16-21)27-28-25-7-3-4-8-26(25)29-27/h1-17H. The summed E-state index contributed by atoms with van der Waals surface area (Å²) in [6.07, 6.45) is 0. The highest BCUT2D eigenvalue weighted by atomic mass is 16.3. The highest BCUT2D eigenvalue weighted by Crippen LogP contribution is 2.31. The van der Waals surface area contributed by atoms with Gasteiger partial charge in [0.15, 0.2) is 5.58 Å². The predicted octanol–water partition coefficient (Wildman–Crippen LogP) is 7.47. The highest BCUT2D eigenvalue weighted by Gasteiger charge is 2.09. The summed E-state index contributed by atoms with van der Waals surface area (Å²) in [5, 5.41) is 4.90. The third kappa shape index (κ3) is 2.77. The molecule has 0 bridgehead atoms. The Labute approximate surface area is 168 Å². The second-order valence-corrected chi connectivity index (χ2v) is 7.33. The molecule has 0 aliphatic carbocycles. The van der Waals surface area contributed by atoms with Crippen molar-refractivity contribution < 1.29 is 4.42 Å². The van der Waals surface area contributed by atoms with E-state index in [4.69, 9.17) is 4.42 Å². The SMILES string of the molecule is c1ccc2cc(-c3ccc4cc(-c5nc6ccccc6o5)ccc4c3)ccc2c1. The first kappa shape index (κ1) is 16.1. The molecule has 6 rings (SSSR count). The van der Waals surface area contributed by atoms with Gasteiger partial charge in [-0.3, -0.25) is 0 Å². The van der Waals surface area contributed by atoms with Gasteiger partial charge in [-0.1, -0.05) is 66.7 Å². The lowest BCUT2D eigenvalue weighted by Crippen LogP contribution is -1.82. The summed E-state index contributed by atoms with van der Waals surface area (Å²) >= 11 is 0.